The second-order valence-electron chi connectivity index (χ2n) is 8.12. The van der Waals surface area contributed by atoms with Crippen molar-refractivity contribution >= 4 is 0 Å². The molecule has 1 aromatic heterocycles. The number of halogens is 7. The maximum atomic E-state index is 14.3. The average molecular weight is 538 g/mol. The highest BCUT2D eigenvalue weighted by atomic mass is 19.4. The Bertz CT molecular complexity index is 1430. The fraction of sp³-hybridized carbons (Fsp3) is 0.391. The summed E-state index contributed by atoms with van der Waals surface area (Å²) in [6.07, 6.45) is -13.3. The molecule has 7 nitrogen and oxygen atoms in total. The molecule has 2 heterocycles. The monoisotopic (exact) mass is 538 g/mol. The van der Waals surface area contributed by atoms with Gasteiger partial charge >= 0.3 is 18.0 Å². The highest BCUT2D eigenvalue weighted by molar-refractivity contribution is 5.34. The zero-order valence-corrected chi connectivity index (χ0v) is 18.9. The first-order chi connectivity index (χ1) is 19.0. The molecule has 0 bridgehead atoms. The van der Waals surface area contributed by atoms with Gasteiger partial charge in [-0.25, -0.2) is 14.3 Å². The molecule has 1 aliphatic rings. The SMILES string of the molecule is [2H]c1c([2H])c([C@H]2[C@@H](O[C@H](C)c3cc(C(F)(F)F)cc(C(F)(F)F)c3)OCCN2Cc2n[nH]c(=O)[nH]2)c([2H])c([2H])c1F. The van der Waals surface area contributed by atoms with E-state index in [0.29, 0.717) is 12.1 Å². The summed E-state index contributed by atoms with van der Waals surface area (Å²) < 4.78 is 139. The van der Waals surface area contributed by atoms with Crippen LogP contribution in [0.4, 0.5) is 30.7 Å². The van der Waals surface area contributed by atoms with E-state index in [1.807, 2.05) is 0 Å². The summed E-state index contributed by atoms with van der Waals surface area (Å²) in [6.45, 7) is 0.869. The van der Waals surface area contributed by atoms with E-state index in [1.54, 1.807) is 0 Å². The van der Waals surface area contributed by atoms with Crippen LogP contribution in [0, 0.1) is 5.82 Å². The van der Waals surface area contributed by atoms with E-state index in [4.69, 9.17) is 15.0 Å². The normalized spacial score (nSPS) is 21.7. The molecule has 0 aliphatic carbocycles. The lowest BCUT2D eigenvalue weighted by atomic mass is 10.0. The number of hydrogen-bond acceptors (Lipinski definition) is 5. The Hall–Kier alpha value is -3.23. The van der Waals surface area contributed by atoms with Gasteiger partial charge in [-0.2, -0.15) is 31.4 Å². The van der Waals surface area contributed by atoms with Crippen molar-refractivity contribution in [1.82, 2.24) is 20.1 Å². The van der Waals surface area contributed by atoms with Gasteiger partial charge in [0.15, 0.2) is 6.29 Å². The number of nitrogens with one attached hydrogen (secondary N) is 2. The first-order valence-corrected chi connectivity index (χ1v) is 10.7. The summed E-state index contributed by atoms with van der Waals surface area (Å²) in [4.78, 5) is 15.4. The number of aromatic nitrogens is 3. The zero-order valence-electron chi connectivity index (χ0n) is 22.9. The van der Waals surface area contributed by atoms with Gasteiger partial charge in [-0.15, -0.1) is 0 Å². The molecule has 1 saturated heterocycles. The minimum Gasteiger partial charge on any atom is -0.349 e. The van der Waals surface area contributed by atoms with Gasteiger partial charge in [-0.3, -0.25) is 9.88 Å². The maximum Gasteiger partial charge on any atom is 0.416 e. The molecule has 0 amide bonds. The second-order valence-corrected chi connectivity index (χ2v) is 8.12. The lowest BCUT2D eigenvalue weighted by molar-refractivity contribution is -0.231. The van der Waals surface area contributed by atoms with Crippen LogP contribution >= 0.6 is 0 Å². The van der Waals surface area contributed by atoms with E-state index >= 15 is 0 Å². The van der Waals surface area contributed by atoms with Crippen LogP contribution in [0.3, 0.4) is 0 Å². The number of H-pyrrole nitrogens is 2. The molecule has 2 aromatic carbocycles. The number of aromatic amines is 2. The van der Waals surface area contributed by atoms with Gasteiger partial charge in [0.05, 0.1) is 41.9 Å². The van der Waals surface area contributed by atoms with Gasteiger partial charge in [0.1, 0.15) is 11.6 Å². The van der Waals surface area contributed by atoms with E-state index < -0.39 is 88.7 Å². The molecule has 1 aliphatic heterocycles. The Morgan fingerprint density at radius 1 is 1.14 bits per heavy atom. The Morgan fingerprint density at radius 2 is 1.76 bits per heavy atom. The van der Waals surface area contributed by atoms with Crippen LogP contribution in [-0.2, 0) is 28.4 Å². The minimum absolute atomic E-state index is 0.0203. The summed E-state index contributed by atoms with van der Waals surface area (Å²) in [7, 11) is 0. The number of hydrogen-bond donors (Lipinski definition) is 2. The maximum absolute atomic E-state index is 14.3. The second kappa shape index (κ2) is 10.3. The van der Waals surface area contributed by atoms with Gasteiger partial charge in [-0.05, 0) is 48.3 Å². The number of ether oxygens (including phenoxy) is 2. The summed E-state index contributed by atoms with van der Waals surface area (Å²) in [5, 5.41) is 5.92. The summed E-state index contributed by atoms with van der Waals surface area (Å²) in [5.74, 6) is -1.36. The largest absolute Gasteiger partial charge is 0.416 e. The van der Waals surface area contributed by atoms with Crippen LogP contribution in [0.1, 0.15) is 52.6 Å². The van der Waals surface area contributed by atoms with Gasteiger partial charge in [0, 0.05) is 6.54 Å². The molecular weight excluding hydrogens is 513 g/mol. The van der Waals surface area contributed by atoms with Crippen molar-refractivity contribution in [2.24, 2.45) is 0 Å². The van der Waals surface area contributed by atoms with Crippen LogP contribution in [0.25, 0.3) is 0 Å². The molecule has 0 spiro atoms. The molecule has 0 unspecified atom stereocenters. The molecule has 0 saturated carbocycles. The van der Waals surface area contributed by atoms with Crippen LogP contribution < -0.4 is 5.69 Å². The van der Waals surface area contributed by atoms with Crippen LogP contribution in [0.2, 0.25) is 0 Å². The lowest BCUT2D eigenvalue weighted by Crippen LogP contribution is -2.46. The fourth-order valence-corrected chi connectivity index (χ4v) is 3.82. The van der Waals surface area contributed by atoms with E-state index in [0.717, 1.165) is 0 Å². The average Bonchev–Trinajstić information content (AvgIpc) is 3.30. The van der Waals surface area contributed by atoms with Gasteiger partial charge in [-0.1, -0.05) is 12.1 Å². The fourth-order valence-electron chi connectivity index (χ4n) is 3.82. The van der Waals surface area contributed by atoms with E-state index in [-0.39, 0.29) is 31.6 Å². The van der Waals surface area contributed by atoms with Crippen molar-refractivity contribution in [2.45, 2.75) is 44.3 Å². The molecular formula is C23H21F7N4O3. The van der Waals surface area contributed by atoms with Crippen molar-refractivity contribution in [3.05, 3.63) is 86.7 Å². The van der Waals surface area contributed by atoms with Gasteiger partial charge in [0.2, 0.25) is 0 Å². The number of rotatable bonds is 6. The summed E-state index contributed by atoms with van der Waals surface area (Å²) in [5.41, 5.74) is -4.72. The third kappa shape index (κ3) is 6.37. The molecule has 3 atom stereocenters. The van der Waals surface area contributed by atoms with Crippen molar-refractivity contribution in [1.29, 1.82) is 0 Å². The van der Waals surface area contributed by atoms with E-state index in [1.165, 1.54) is 11.8 Å². The lowest BCUT2D eigenvalue weighted by Gasteiger charge is -2.41. The molecule has 200 valence electrons. The number of morpholine rings is 1. The van der Waals surface area contributed by atoms with Crippen molar-refractivity contribution in [3.8, 4) is 0 Å². The smallest absolute Gasteiger partial charge is 0.349 e. The predicted molar refractivity (Wildman–Crippen MR) is 114 cm³/mol. The third-order valence-electron chi connectivity index (χ3n) is 5.54. The Morgan fingerprint density at radius 3 is 2.30 bits per heavy atom. The number of alkyl halides is 6. The quantitative estimate of drug-likeness (QED) is 0.434. The minimum atomic E-state index is -5.11. The summed E-state index contributed by atoms with van der Waals surface area (Å²) in [6, 6.07) is -4.11. The number of benzene rings is 2. The standard InChI is InChI=1S/C23H21F7N4O3/c1-12(14-8-15(22(25,26)27)10-16(9-14)23(28,29)30)37-20-19(13-2-4-17(24)5-3-13)34(6-7-36-20)11-18-31-21(35)33-32-18/h2-5,8-10,12,19-20H,6-7,11H2,1H3,(H2,31,32,33,35)/t12-,19+,20-/m1/s1/i2D,3D,4D,5D. The van der Waals surface area contributed by atoms with Crippen LogP contribution in [0.15, 0.2) is 47.2 Å². The Balaban J connectivity index is 1.79. The van der Waals surface area contributed by atoms with E-state index in [2.05, 4.69) is 15.2 Å². The Kier molecular flexibility index (Phi) is 6.05. The first-order valence-electron chi connectivity index (χ1n) is 12.7. The molecule has 3 aromatic rings. The van der Waals surface area contributed by atoms with E-state index in [9.17, 15) is 35.5 Å². The molecule has 14 heteroatoms. The predicted octanol–water partition coefficient (Wildman–Crippen LogP) is 4.95. The molecule has 37 heavy (non-hydrogen) atoms. The van der Waals surface area contributed by atoms with Crippen molar-refractivity contribution in [2.75, 3.05) is 13.2 Å². The van der Waals surface area contributed by atoms with Crippen LogP contribution in [0.5, 0.6) is 0 Å². The molecule has 1 fully saturated rings. The first kappa shape index (κ1) is 21.8. The topological polar surface area (TPSA) is 83.2 Å². The molecule has 2 N–H and O–H groups in total. The van der Waals surface area contributed by atoms with Gasteiger partial charge < -0.3 is 9.47 Å². The van der Waals surface area contributed by atoms with Crippen molar-refractivity contribution < 1.29 is 45.7 Å². The van der Waals surface area contributed by atoms with Crippen molar-refractivity contribution in [3.63, 3.8) is 0 Å². The zero-order chi connectivity index (χ0) is 30.4. The van der Waals surface area contributed by atoms with Crippen LogP contribution in [-0.4, -0.2) is 39.5 Å². The Labute approximate surface area is 210 Å². The molecule has 0 radical (unpaired) electrons. The highest BCUT2D eigenvalue weighted by Crippen LogP contribution is 2.39. The third-order valence-corrected chi connectivity index (χ3v) is 5.54. The number of nitrogens with zero attached hydrogens (tertiary/aromatic N) is 2. The van der Waals surface area contributed by atoms with Gasteiger partial charge in [0.25, 0.3) is 0 Å². The highest BCUT2D eigenvalue weighted by Gasteiger charge is 2.39. The molecule has 4 rings (SSSR count). The summed E-state index contributed by atoms with van der Waals surface area (Å²) >= 11 is 0.